The van der Waals surface area contributed by atoms with Crippen LogP contribution in [-0.2, 0) is 0 Å². The summed E-state index contributed by atoms with van der Waals surface area (Å²) < 4.78 is 0. The highest BCUT2D eigenvalue weighted by Gasteiger charge is 2.18. The van der Waals surface area contributed by atoms with Crippen molar-refractivity contribution in [3.63, 3.8) is 0 Å². The maximum absolute atomic E-state index is 10.5. The number of rotatable bonds is 1. The molecule has 0 aliphatic rings. The summed E-state index contributed by atoms with van der Waals surface area (Å²) in [6, 6.07) is 11.6. The predicted molar refractivity (Wildman–Crippen MR) is 95.3 cm³/mol. The molecule has 0 aromatic heterocycles. The summed E-state index contributed by atoms with van der Waals surface area (Å²) in [5.41, 5.74) is 4.50. The molecule has 1 N–H and O–H groups in total. The Hall–Kier alpha value is -1.70. The zero-order valence-electron chi connectivity index (χ0n) is 12.7. The van der Waals surface area contributed by atoms with Crippen molar-refractivity contribution in [3.8, 4) is 16.9 Å². The van der Waals surface area contributed by atoms with Crippen molar-refractivity contribution in [1.29, 1.82) is 0 Å². The smallest absolute Gasteiger partial charge is 0.124 e. The number of hydrogen-bond acceptors (Lipinski definition) is 1. The highest BCUT2D eigenvalue weighted by atomic mass is 35.5. The van der Waals surface area contributed by atoms with Gasteiger partial charge in [0.1, 0.15) is 5.75 Å². The van der Waals surface area contributed by atoms with Gasteiger partial charge in [-0.15, -0.1) is 0 Å². The molecule has 0 atom stereocenters. The second-order valence-corrected chi connectivity index (χ2v) is 6.46. The largest absolute Gasteiger partial charge is 0.507 e. The first-order chi connectivity index (χ1) is 10.4. The van der Waals surface area contributed by atoms with Crippen LogP contribution in [0.3, 0.4) is 0 Å². The van der Waals surface area contributed by atoms with Gasteiger partial charge >= 0.3 is 0 Å². The Bertz CT molecular complexity index is 872. The van der Waals surface area contributed by atoms with Gasteiger partial charge < -0.3 is 5.11 Å². The standard InChI is InChI=1S/C19H16Cl2O/c1-10-4-6-14-13(8-10)5-7-16(22)18(14)17-12(3)15(20)9-11(2)19(17)21/h4-9,22H,1-3H3. The Labute approximate surface area is 140 Å². The molecular formula is C19H16Cl2O. The number of phenolic OH excluding ortho intramolecular Hbond substituents is 1. The molecule has 3 aromatic carbocycles. The van der Waals surface area contributed by atoms with E-state index in [4.69, 9.17) is 23.2 Å². The molecule has 0 amide bonds. The van der Waals surface area contributed by atoms with E-state index in [1.165, 1.54) is 5.56 Å². The minimum Gasteiger partial charge on any atom is -0.507 e. The van der Waals surface area contributed by atoms with Crippen LogP contribution < -0.4 is 0 Å². The lowest BCUT2D eigenvalue weighted by Gasteiger charge is -2.16. The van der Waals surface area contributed by atoms with E-state index >= 15 is 0 Å². The van der Waals surface area contributed by atoms with Gasteiger partial charge in [0.2, 0.25) is 0 Å². The van der Waals surface area contributed by atoms with Gasteiger partial charge in [0.05, 0.1) is 5.02 Å². The molecule has 0 unspecified atom stereocenters. The molecule has 0 bridgehead atoms. The van der Waals surface area contributed by atoms with E-state index in [2.05, 4.69) is 6.07 Å². The summed E-state index contributed by atoms with van der Waals surface area (Å²) in [7, 11) is 0. The van der Waals surface area contributed by atoms with Crippen molar-refractivity contribution >= 4 is 34.0 Å². The molecule has 112 valence electrons. The van der Waals surface area contributed by atoms with Crippen LogP contribution in [0.1, 0.15) is 16.7 Å². The Morgan fingerprint density at radius 3 is 2.32 bits per heavy atom. The molecule has 3 heteroatoms. The van der Waals surface area contributed by atoms with Crippen LogP contribution in [0.5, 0.6) is 5.75 Å². The molecule has 0 heterocycles. The van der Waals surface area contributed by atoms with Crippen LogP contribution in [0.15, 0.2) is 36.4 Å². The molecular weight excluding hydrogens is 315 g/mol. The van der Waals surface area contributed by atoms with Gasteiger partial charge in [0.15, 0.2) is 0 Å². The molecule has 0 aliphatic heterocycles. The number of fused-ring (bicyclic) bond motifs is 1. The Morgan fingerprint density at radius 1 is 0.864 bits per heavy atom. The number of benzene rings is 3. The van der Waals surface area contributed by atoms with Gasteiger partial charge in [-0.3, -0.25) is 0 Å². The minimum absolute atomic E-state index is 0.211. The molecule has 0 saturated heterocycles. The monoisotopic (exact) mass is 330 g/mol. The van der Waals surface area contributed by atoms with Crippen molar-refractivity contribution in [2.45, 2.75) is 20.8 Å². The van der Waals surface area contributed by atoms with E-state index in [-0.39, 0.29) is 5.75 Å². The van der Waals surface area contributed by atoms with Crippen molar-refractivity contribution in [1.82, 2.24) is 0 Å². The van der Waals surface area contributed by atoms with Crippen LogP contribution in [0.2, 0.25) is 10.0 Å². The highest BCUT2D eigenvalue weighted by molar-refractivity contribution is 6.37. The van der Waals surface area contributed by atoms with Crippen molar-refractivity contribution < 1.29 is 5.11 Å². The average molecular weight is 331 g/mol. The molecule has 0 fully saturated rings. The summed E-state index contributed by atoms with van der Waals surface area (Å²) >= 11 is 12.9. The SMILES string of the molecule is Cc1ccc2c(-c3c(C)c(Cl)cc(C)c3Cl)c(O)ccc2c1. The van der Waals surface area contributed by atoms with Crippen molar-refractivity contribution in [2.24, 2.45) is 0 Å². The van der Waals surface area contributed by atoms with E-state index in [9.17, 15) is 5.11 Å². The Balaban J connectivity index is 2.48. The number of hydrogen-bond donors (Lipinski definition) is 1. The van der Waals surface area contributed by atoms with Gasteiger partial charge in [0.25, 0.3) is 0 Å². The second kappa shape index (κ2) is 5.49. The van der Waals surface area contributed by atoms with Gasteiger partial charge in [0, 0.05) is 16.1 Å². The lowest BCUT2D eigenvalue weighted by atomic mass is 9.92. The molecule has 3 aromatic rings. The minimum atomic E-state index is 0.211. The van der Waals surface area contributed by atoms with E-state index in [0.717, 1.165) is 33.0 Å². The molecule has 0 aliphatic carbocycles. The molecule has 0 spiro atoms. The van der Waals surface area contributed by atoms with Gasteiger partial charge in [-0.05, 0) is 54.8 Å². The summed E-state index contributed by atoms with van der Waals surface area (Å²) in [5.74, 6) is 0.211. The fourth-order valence-corrected chi connectivity index (χ4v) is 3.39. The Kier molecular flexibility index (Phi) is 3.80. The fraction of sp³-hybridized carbons (Fsp3) is 0.158. The number of phenols is 1. The quantitative estimate of drug-likeness (QED) is 0.544. The van der Waals surface area contributed by atoms with E-state index in [1.54, 1.807) is 6.07 Å². The summed E-state index contributed by atoms with van der Waals surface area (Å²) in [6.07, 6.45) is 0. The maximum atomic E-state index is 10.5. The van der Waals surface area contributed by atoms with E-state index in [0.29, 0.717) is 10.0 Å². The van der Waals surface area contributed by atoms with Gasteiger partial charge in [-0.25, -0.2) is 0 Å². The average Bonchev–Trinajstić information content (AvgIpc) is 2.47. The molecule has 22 heavy (non-hydrogen) atoms. The van der Waals surface area contributed by atoms with Crippen molar-refractivity contribution in [2.75, 3.05) is 0 Å². The summed E-state index contributed by atoms with van der Waals surface area (Å²) in [5, 5.41) is 13.8. The molecule has 3 rings (SSSR count). The predicted octanol–water partition coefficient (Wildman–Crippen LogP) is 6.44. The zero-order chi connectivity index (χ0) is 16.0. The first-order valence-electron chi connectivity index (χ1n) is 7.08. The maximum Gasteiger partial charge on any atom is 0.124 e. The van der Waals surface area contributed by atoms with Crippen LogP contribution in [-0.4, -0.2) is 5.11 Å². The van der Waals surface area contributed by atoms with Crippen LogP contribution in [0, 0.1) is 20.8 Å². The van der Waals surface area contributed by atoms with Crippen LogP contribution in [0.25, 0.3) is 21.9 Å². The number of halogens is 2. The van der Waals surface area contributed by atoms with E-state index in [1.807, 2.05) is 45.0 Å². The lowest BCUT2D eigenvalue weighted by Crippen LogP contribution is -1.92. The Morgan fingerprint density at radius 2 is 1.59 bits per heavy atom. The first kappa shape index (κ1) is 15.2. The lowest BCUT2D eigenvalue weighted by molar-refractivity contribution is 0.478. The van der Waals surface area contributed by atoms with Gasteiger partial charge in [-0.1, -0.05) is 53.0 Å². The third-order valence-electron chi connectivity index (χ3n) is 4.05. The molecule has 1 nitrogen and oxygen atoms in total. The molecule has 0 saturated carbocycles. The molecule has 0 radical (unpaired) electrons. The third-order valence-corrected chi connectivity index (χ3v) is 4.93. The number of aryl methyl sites for hydroxylation is 2. The van der Waals surface area contributed by atoms with Crippen LogP contribution in [0.4, 0.5) is 0 Å². The van der Waals surface area contributed by atoms with Crippen molar-refractivity contribution in [3.05, 3.63) is 63.1 Å². The summed E-state index contributed by atoms with van der Waals surface area (Å²) in [6.45, 7) is 5.90. The first-order valence-corrected chi connectivity index (χ1v) is 7.83. The van der Waals surface area contributed by atoms with Gasteiger partial charge in [-0.2, -0.15) is 0 Å². The number of aromatic hydroxyl groups is 1. The topological polar surface area (TPSA) is 20.2 Å². The zero-order valence-corrected chi connectivity index (χ0v) is 14.2. The fourth-order valence-electron chi connectivity index (χ4n) is 2.84. The van der Waals surface area contributed by atoms with E-state index < -0.39 is 0 Å². The normalized spacial score (nSPS) is 11.1. The second-order valence-electron chi connectivity index (χ2n) is 5.67. The summed E-state index contributed by atoms with van der Waals surface area (Å²) in [4.78, 5) is 0. The van der Waals surface area contributed by atoms with Crippen LogP contribution >= 0.6 is 23.2 Å². The highest BCUT2D eigenvalue weighted by Crippen LogP contribution is 2.44. The third kappa shape index (κ3) is 2.35.